The highest BCUT2D eigenvalue weighted by Gasteiger charge is 2.44. The average molecular weight is 523 g/mol. The van der Waals surface area contributed by atoms with Crippen molar-refractivity contribution in [2.75, 3.05) is 23.8 Å². The van der Waals surface area contributed by atoms with Crippen molar-refractivity contribution in [1.82, 2.24) is 29.1 Å². The maximum absolute atomic E-state index is 12.3. The molecule has 0 bridgehead atoms. The van der Waals surface area contributed by atoms with E-state index in [9.17, 15) is 25.2 Å². The SMILES string of the molecule is Nc1nc(=O)n([C@H]2C[C@@H](O)[C@@H](CO)O2)cc1CSC[C@H]1O[C@@H](n2cnc3c(N)ncnc32)[C@@H](O)C1O. The molecule has 8 N–H and O–H groups in total. The van der Waals surface area contributed by atoms with Crippen molar-refractivity contribution >= 4 is 34.6 Å². The predicted octanol–water partition coefficient (Wildman–Crippen LogP) is -2.26. The number of anilines is 2. The number of rotatable bonds is 7. The van der Waals surface area contributed by atoms with Gasteiger partial charge in [0, 0.05) is 29.7 Å². The van der Waals surface area contributed by atoms with Crippen molar-refractivity contribution in [1.29, 1.82) is 0 Å². The summed E-state index contributed by atoms with van der Waals surface area (Å²) in [5.41, 5.74) is 12.4. The molecule has 7 atom stereocenters. The molecule has 5 rings (SSSR count). The molecule has 0 radical (unpaired) electrons. The largest absolute Gasteiger partial charge is 0.394 e. The second kappa shape index (κ2) is 9.89. The summed E-state index contributed by atoms with van der Waals surface area (Å²) in [7, 11) is 0. The minimum Gasteiger partial charge on any atom is -0.394 e. The molecule has 36 heavy (non-hydrogen) atoms. The van der Waals surface area contributed by atoms with E-state index >= 15 is 0 Å². The molecular formula is C20H26N8O7S. The van der Waals surface area contributed by atoms with Crippen LogP contribution in [-0.2, 0) is 15.2 Å². The van der Waals surface area contributed by atoms with Gasteiger partial charge in [-0.3, -0.25) is 9.13 Å². The number of fused-ring (bicyclic) bond motifs is 1. The minimum atomic E-state index is -1.23. The first kappa shape index (κ1) is 24.8. The van der Waals surface area contributed by atoms with Crippen molar-refractivity contribution in [2.24, 2.45) is 0 Å². The van der Waals surface area contributed by atoms with E-state index in [4.69, 9.17) is 20.9 Å². The number of nitrogens with zero attached hydrogens (tertiary/aromatic N) is 6. The zero-order valence-corrected chi connectivity index (χ0v) is 19.7. The first-order chi connectivity index (χ1) is 17.3. The van der Waals surface area contributed by atoms with E-state index in [1.807, 2.05) is 0 Å². The molecule has 0 aromatic carbocycles. The molecule has 16 heteroatoms. The van der Waals surface area contributed by atoms with E-state index < -0.39 is 48.7 Å². The van der Waals surface area contributed by atoms with Gasteiger partial charge in [-0.15, -0.1) is 0 Å². The molecule has 2 fully saturated rings. The first-order valence-electron chi connectivity index (χ1n) is 11.1. The van der Waals surface area contributed by atoms with E-state index in [-0.39, 0.29) is 24.7 Å². The molecule has 2 saturated heterocycles. The Balaban J connectivity index is 1.26. The average Bonchev–Trinajstić information content (AvgIpc) is 3.52. The zero-order valence-electron chi connectivity index (χ0n) is 18.9. The van der Waals surface area contributed by atoms with E-state index in [0.29, 0.717) is 28.2 Å². The number of aliphatic hydroxyl groups excluding tert-OH is 4. The summed E-state index contributed by atoms with van der Waals surface area (Å²) in [4.78, 5) is 28.4. The molecule has 15 nitrogen and oxygen atoms in total. The summed E-state index contributed by atoms with van der Waals surface area (Å²) in [6.07, 6.45) is -2.17. The number of hydrogen-bond donors (Lipinski definition) is 6. The van der Waals surface area contributed by atoms with E-state index in [2.05, 4.69) is 19.9 Å². The number of hydrogen-bond acceptors (Lipinski definition) is 14. The van der Waals surface area contributed by atoms with Crippen LogP contribution < -0.4 is 17.2 Å². The van der Waals surface area contributed by atoms with Gasteiger partial charge in [-0.25, -0.2) is 19.7 Å². The monoisotopic (exact) mass is 522 g/mol. The van der Waals surface area contributed by atoms with E-state index in [0.717, 1.165) is 0 Å². The highest BCUT2D eigenvalue weighted by atomic mass is 32.2. The number of thioether (sulfide) groups is 1. The molecule has 1 unspecified atom stereocenters. The van der Waals surface area contributed by atoms with Crippen molar-refractivity contribution in [3.8, 4) is 0 Å². The van der Waals surface area contributed by atoms with Crippen molar-refractivity contribution < 1.29 is 29.9 Å². The Morgan fingerprint density at radius 1 is 1.06 bits per heavy atom. The third-order valence-corrected chi connectivity index (χ3v) is 7.37. The van der Waals surface area contributed by atoms with Crippen LogP contribution in [-0.4, -0.2) is 92.4 Å². The lowest BCUT2D eigenvalue weighted by Gasteiger charge is -2.17. The Morgan fingerprint density at radius 3 is 2.61 bits per heavy atom. The maximum atomic E-state index is 12.3. The summed E-state index contributed by atoms with van der Waals surface area (Å²) in [5, 5.41) is 40.5. The molecule has 0 aliphatic carbocycles. The molecule has 3 aromatic rings. The molecule has 0 spiro atoms. The summed E-state index contributed by atoms with van der Waals surface area (Å²) < 4.78 is 14.2. The minimum absolute atomic E-state index is 0.0500. The summed E-state index contributed by atoms with van der Waals surface area (Å²) in [5.74, 6) is 0.857. The molecule has 5 heterocycles. The normalized spacial score (nSPS) is 30.4. The van der Waals surface area contributed by atoms with Gasteiger partial charge in [0.05, 0.1) is 25.1 Å². The lowest BCUT2D eigenvalue weighted by Crippen LogP contribution is -2.32. The van der Waals surface area contributed by atoms with E-state index in [1.54, 1.807) is 0 Å². The number of nitrogen functional groups attached to an aromatic ring is 2. The number of aliphatic hydroxyl groups is 4. The zero-order chi connectivity index (χ0) is 25.6. The van der Waals surface area contributed by atoms with Crippen LogP contribution in [0.3, 0.4) is 0 Å². The van der Waals surface area contributed by atoms with Crippen LogP contribution in [0.15, 0.2) is 23.6 Å². The lowest BCUT2D eigenvalue weighted by atomic mass is 10.1. The van der Waals surface area contributed by atoms with Crippen LogP contribution in [0.5, 0.6) is 0 Å². The summed E-state index contributed by atoms with van der Waals surface area (Å²) in [6.45, 7) is -0.372. The summed E-state index contributed by atoms with van der Waals surface area (Å²) in [6, 6.07) is 0. The summed E-state index contributed by atoms with van der Waals surface area (Å²) >= 11 is 1.36. The predicted molar refractivity (Wildman–Crippen MR) is 126 cm³/mol. The second-order valence-electron chi connectivity index (χ2n) is 8.60. The van der Waals surface area contributed by atoms with Crippen LogP contribution in [0.25, 0.3) is 11.2 Å². The topological polar surface area (TPSA) is 230 Å². The maximum Gasteiger partial charge on any atom is 0.351 e. The molecule has 0 saturated carbocycles. The van der Waals surface area contributed by atoms with Gasteiger partial charge < -0.3 is 41.4 Å². The molecular weight excluding hydrogens is 496 g/mol. The van der Waals surface area contributed by atoms with Gasteiger partial charge in [0.1, 0.15) is 42.2 Å². The van der Waals surface area contributed by atoms with Gasteiger partial charge in [-0.05, 0) is 0 Å². The highest BCUT2D eigenvalue weighted by molar-refractivity contribution is 7.98. The first-order valence-corrected chi connectivity index (χ1v) is 12.3. The van der Waals surface area contributed by atoms with Crippen molar-refractivity contribution in [3.05, 3.63) is 34.9 Å². The molecule has 0 amide bonds. The van der Waals surface area contributed by atoms with Gasteiger partial charge in [0.2, 0.25) is 0 Å². The van der Waals surface area contributed by atoms with Crippen molar-refractivity contribution in [3.63, 3.8) is 0 Å². The van der Waals surface area contributed by atoms with Gasteiger partial charge in [0.15, 0.2) is 17.7 Å². The van der Waals surface area contributed by atoms with Crippen LogP contribution in [0.1, 0.15) is 24.4 Å². The third kappa shape index (κ3) is 4.40. The van der Waals surface area contributed by atoms with Crippen LogP contribution in [0.2, 0.25) is 0 Å². The Kier molecular flexibility index (Phi) is 6.82. The fourth-order valence-corrected chi connectivity index (χ4v) is 5.40. The van der Waals surface area contributed by atoms with Crippen molar-refractivity contribution in [2.45, 2.75) is 55.1 Å². The number of aromatic nitrogens is 6. The molecule has 3 aromatic heterocycles. The molecule has 2 aliphatic heterocycles. The standard InChI is InChI=1S/C20H26N8O7S/c21-16-8(2-27(20(33)26-16)12-1-9(30)10(3-29)34-12)4-36-5-11-14(31)15(32)19(35-11)28-7-25-13-17(22)23-6-24-18(13)28/h2,6-7,9-12,14-15,19,29-32H,1,3-5H2,(H2,21,26,33)(H2,22,23,24)/t9-,10-,11-,12-,14?,15+,19-/m1/s1. The number of nitrogens with two attached hydrogens (primary N) is 2. The molecule has 194 valence electrons. The lowest BCUT2D eigenvalue weighted by molar-refractivity contribution is -0.0459. The van der Waals surface area contributed by atoms with Crippen LogP contribution in [0, 0.1) is 0 Å². The quantitative estimate of drug-likeness (QED) is 0.192. The van der Waals surface area contributed by atoms with Gasteiger partial charge in [-0.1, -0.05) is 0 Å². The number of ether oxygens (including phenoxy) is 2. The van der Waals surface area contributed by atoms with Crippen LogP contribution >= 0.6 is 11.8 Å². The smallest absolute Gasteiger partial charge is 0.351 e. The van der Waals surface area contributed by atoms with Gasteiger partial charge in [-0.2, -0.15) is 16.7 Å². The van der Waals surface area contributed by atoms with E-state index in [1.165, 1.54) is 39.7 Å². The second-order valence-corrected chi connectivity index (χ2v) is 9.63. The Morgan fingerprint density at radius 2 is 1.86 bits per heavy atom. The van der Waals surface area contributed by atoms with Crippen LogP contribution in [0.4, 0.5) is 11.6 Å². The third-order valence-electron chi connectivity index (χ3n) is 6.29. The fourth-order valence-electron chi connectivity index (χ4n) is 4.33. The molecule has 2 aliphatic rings. The Bertz CT molecular complexity index is 1300. The number of imidazole rings is 1. The fraction of sp³-hybridized carbons (Fsp3) is 0.550. The Labute approximate surface area is 207 Å². The highest BCUT2D eigenvalue weighted by Crippen LogP contribution is 2.34. The Hall–Kier alpha value is -2.86. The van der Waals surface area contributed by atoms with Gasteiger partial charge in [0.25, 0.3) is 0 Å². The van der Waals surface area contributed by atoms with Gasteiger partial charge >= 0.3 is 5.69 Å².